The van der Waals surface area contributed by atoms with E-state index >= 15 is 0 Å². The van der Waals surface area contributed by atoms with Crippen LogP contribution in [0.4, 0.5) is 4.39 Å². The second-order valence-corrected chi connectivity index (χ2v) is 8.28. The Morgan fingerprint density at radius 2 is 1.87 bits per heavy atom. The molecule has 0 fully saturated rings. The summed E-state index contributed by atoms with van der Waals surface area (Å²) in [6.07, 6.45) is 4.13. The largest absolute Gasteiger partial charge is 0.369 e. The van der Waals surface area contributed by atoms with Gasteiger partial charge in [0.1, 0.15) is 5.82 Å². The molecule has 6 heteroatoms. The zero-order chi connectivity index (χ0) is 22.0. The highest BCUT2D eigenvalue weighted by molar-refractivity contribution is 6.08. The molecule has 0 saturated carbocycles. The summed E-state index contributed by atoms with van der Waals surface area (Å²) in [4.78, 5) is 30.1. The number of fused-ring (bicyclic) bond motifs is 2. The number of hydrogen-bond donors (Lipinski definition) is 2. The number of carbonyl (C=O) groups is 2. The van der Waals surface area contributed by atoms with E-state index in [0.717, 1.165) is 59.0 Å². The minimum atomic E-state index is -0.583. The van der Waals surface area contributed by atoms with Crippen molar-refractivity contribution in [1.82, 2.24) is 10.3 Å². The highest BCUT2D eigenvalue weighted by Crippen LogP contribution is 2.30. The van der Waals surface area contributed by atoms with Crippen LogP contribution in [0, 0.1) is 18.7 Å². The Morgan fingerprint density at radius 1 is 1.13 bits per heavy atom. The topological polar surface area (TPSA) is 85.1 Å². The van der Waals surface area contributed by atoms with E-state index in [-0.39, 0.29) is 18.3 Å². The molecule has 0 aliphatic heterocycles. The predicted molar refractivity (Wildman–Crippen MR) is 118 cm³/mol. The van der Waals surface area contributed by atoms with Crippen LogP contribution in [0.5, 0.6) is 0 Å². The van der Waals surface area contributed by atoms with Crippen LogP contribution >= 0.6 is 0 Å². The Labute approximate surface area is 180 Å². The Balaban J connectivity index is 1.60. The molecule has 160 valence electrons. The van der Waals surface area contributed by atoms with E-state index in [1.165, 1.54) is 12.1 Å². The lowest BCUT2D eigenvalue weighted by atomic mass is 9.89. The highest BCUT2D eigenvalue weighted by Gasteiger charge is 2.24. The molecule has 1 aromatic heterocycles. The summed E-state index contributed by atoms with van der Waals surface area (Å²) >= 11 is 0. The summed E-state index contributed by atoms with van der Waals surface area (Å²) in [6.45, 7) is 2.11. The minimum absolute atomic E-state index is 0.121. The Bertz CT molecular complexity index is 1140. The van der Waals surface area contributed by atoms with Gasteiger partial charge in [-0.25, -0.2) is 4.39 Å². The van der Waals surface area contributed by atoms with Gasteiger partial charge in [-0.2, -0.15) is 0 Å². The molecule has 2 aromatic carbocycles. The number of nitrogens with zero attached hydrogens (tertiary/aromatic N) is 1. The van der Waals surface area contributed by atoms with Gasteiger partial charge in [0, 0.05) is 17.6 Å². The van der Waals surface area contributed by atoms with Gasteiger partial charge in [-0.1, -0.05) is 23.8 Å². The average Bonchev–Trinajstić information content (AvgIpc) is 2.76. The van der Waals surface area contributed by atoms with Gasteiger partial charge in [-0.3, -0.25) is 14.6 Å². The van der Waals surface area contributed by atoms with Gasteiger partial charge in [-0.15, -0.1) is 0 Å². The number of aromatic nitrogens is 1. The number of nitrogens with one attached hydrogen (secondary N) is 1. The zero-order valence-electron chi connectivity index (χ0n) is 17.6. The van der Waals surface area contributed by atoms with Gasteiger partial charge in [0.05, 0.1) is 17.0 Å². The van der Waals surface area contributed by atoms with Crippen molar-refractivity contribution in [3.05, 3.63) is 76.2 Å². The normalized spacial score (nSPS) is 14.1. The van der Waals surface area contributed by atoms with Crippen LogP contribution < -0.4 is 11.1 Å². The Hall–Kier alpha value is -3.28. The van der Waals surface area contributed by atoms with E-state index in [9.17, 15) is 14.0 Å². The summed E-state index contributed by atoms with van der Waals surface area (Å²) in [7, 11) is 0. The monoisotopic (exact) mass is 419 g/mol. The maximum atomic E-state index is 13.3. The summed E-state index contributed by atoms with van der Waals surface area (Å²) in [5.74, 6) is -1.62. The van der Waals surface area contributed by atoms with Crippen molar-refractivity contribution in [2.24, 2.45) is 11.7 Å². The van der Waals surface area contributed by atoms with Crippen LogP contribution in [0.2, 0.25) is 0 Å². The van der Waals surface area contributed by atoms with E-state index in [0.29, 0.717) is 12.0 Å². The van der Waals surface area contributed by atoms with Gasteiger partial charge in [-0.05, 0) is 74.4 Å². The fraction of sp³-hybridized carbons (Fsp3) is 0.320. The van der Waals surface area contributed by atoms with E-state index in [1.807, 2.05) is 25.1 Å². The Morgan fingerprint density at radius 3 is 2.61 bits per heavy atom. The van der Waals surface area contributed by atoms with Gasteiger partial charge < -0.3 is 11.1 Å². The third-order valence-electron chi connectivity index (χ3n) is 5.95. The number of hydrogen-bond acceptors (Lipinski definition) is 3. The van der Waals surface area contributed by atoms with Crippen LogP contribution in [-0.2, 0) is 24.1 Å². The standard InChI is InChI=1S/C25H26FN3O2/c1-15-6-11-22-20(12-15)23(19-4-2-3-5-21(19)29-22)25(31)28-14-17(24(27)30)13-16-7-9-18(26)10-8-16/h6-12,17H,2-5,13-14H2,1H3,(H2,27,30)(H,28,31). The fourth-order valence-corrected chi connectivity index (χ4v) is 4.28. The first-order valence-corrected chi connectivity index (χ1v) is 10.7. The molecule has 3 N–H and O–H groups in total. The molecule has 4 rings (SSSR count). The highest BCUT2D eigenvalue weighted by atomic mass is 19.1. The van der Waals surface area contributed by atoms with Crippen LogP contribution in [-0.4, -0.2) is 23.3 Å². The molecule has 5 nitrogen and oxygen atoms in total. The fourth-order valence-electron chi connectivity index (χ4n) is 4.28. The number of primary amides is 1. The number of pyridine rings is 1. The SMILES string of the molecule is Cc1ccc2nc3c(c(C(=O)NCC(Cc4ccc(F)cc4)C(N)=O)c2c1)CCCC3. The first-order valence-electron chi connectivity index (χ1n) is 10.7. The van der Waals surface area contributed by atoms with Crippen molar-refractivity contribution in [2.75, 3.05) is 6.54 Å². The lowest BCUT2D eigenvalue weighted by Crippen LogP contribution is -2.37. The number of nitrogens with two attached hydrogens (primary N) is 1. The molecule has 3 aromatic rings. The smallest absolute Gasteiger partial charge is 0.252 e. The van der Waals surface area contributed by atoms with Crippen LogP contribution in [0.15, 0.2) is 42.5 Å². The summed E-state index contributed by atoms with van der Waals surface area (Å²) in [5.41, 5.74) is 10.9. The lowest BCUT2D eigenvalue weighted by molar-refractivity contribution is -0.121. The van der Waals surface area contributed by atoms with E-state index in [1.54, 1.807) is 12.1 Å². The van der Waals surface area contributed by atoms with Gasteiger partial charge in [0.2, 0.25) is 5.91 Å². The van der Waals surface area contributed by atoms with Crippen LogP contribution in [0.1, 0.15) is 45.6 Å². The average molecular weight is 420 g/mol. The zero-order valence-corrected chi connectivity index (χ0v) is 17.6. The molecule has 1 aliphatic carbocycles. The Kier molecular flexibility index (Phi) is 5.98. The van der Waals surface area contributed by atoms with Crippen LogP contribution in [0.3, 0.4) is 0 Å². The second-order valence-electron chi connectivity index (χ2n) is 8.28. The molecule has 0 saturated heterocycles. The molecule has 1 unspecified atom stereocenters. The van der Waals surface area contributed by atoms with Crippen molar-refractivity contribution in [2.45, 2.75) is 39.0 Å². The maximum Gasteiger partial charge on any atom is 0.252 e. The van der Waals surface area contributed by atoms with Crippen LogP contribution in [0.25, 0.3) is 10.9 Å². The number of benzene rings is 2. The lowest BCUT2D eigenvalue weighted by Gasteiger charge is -2.21. The minimum Gasteiger partial charge on any atom is -0.369 e. The summed E-state index contributed by atoms with van der Waals surface area (Å²) in [5, 5.41) is 3.77. The molecular weight excluding hydrogens is 393 g/mol. The number of rotatable bonds is 6. The van der Waals surface area contributed by atoms with E-state index in [4.69, 9.17) is 10.7 Å². The van der Waals surface area contributed by atoms with Crippen molar-refractivity contribution in [1.29, 1.82) is 0 Å². The molecule has 0 radical (unpaired) electrons. The van der Waals surface area contributed by atoms with Crippen molar-refractivity contribution in [3.8, 4) is 0 Å². The molecule has 1 aliphatic rings. The summed E-state index contributed by atoms with van der Waals surface area (Å²) in [6, 6.07) is 11.9. The van der Waals surface area contributed by atoms with Crippen molar-refractivity contribution >= 4 is 22.7 Å². The molecule has 1 atom stereocenters. The maximum absolute atomic E-state index is 13.3. The first-order chi connectivity index (χ1) is 14.9. The number of halogens is 1. The van der Waals surface area contributed by atoms with E-state index in [2.05, 4.69) is 5.32 Å². The first kappa shape index (κ1) is 21.0. The van der Waals surface area contributed by atoms with Gasteiger partial charge in [0.25, 0.3) is 5.91 Å². The van der Waals surface area contributed by atoms with E-state index < -0.39 is 11.8 Å². The van der Waals surface area contributed by atoms with Crippen molar-refractivity contribution in [3.63, 3.8) is 0 Å². The molecule has 1 heterocycles. The molecule has 2 amide bonds. The third-order valence-corrected chi connectivity index (χ3v) is 5.95. The third kappa shape index (κ3) is 4.58. The van der Waals surface area contributed by atoms with Gasteiger partial charge >= 0.3 is 0 Å². The number of amides is 2. The number of aryl methyl sites for hydroxylation is 2. The molecule has 0 spiro atoms. The number of carbonyl (C=O) groups excluding carboxylic acids is 2. The quantitative estimate of drug-likeness (QED) is 0.640. The molecule has 0 bridgehead atoms. The summed E-state index contributed by atoms with van der Waals surface area (Å²) < 4.78 is 13.2. The molecule has 31 heavy (non-hydrogen) atoms. The predicted octanol–water partition coefficient (Wildman–Crippen LogP) is 3.64. The van der Waals surface area contributed by atoms with Gasteiger partial charge in [0.15, 0.2) is 0 Å². The molecular formula is C25H26FN3O2. The van der Waals surface area contributed by atoms with Crippen molar-refractivity contribution < 1.29 is 14.0 Å². The second kappa shape index (κ2) is 8.84.